The number of rotatable bonds is 4. The number of likely N-dealkylation sites (tertiary alicyclic amines) is 1. The molecule has 0 radical (unpaired) electrons. The zero-order valence-corrected chi connectivity index (χ0v) is 19.0. The Bertz CT molecular complexity index is 1010. The molecule has 206 valence electrons. The first-order valence-electron chi connectivity index (χ1n) is 10.6. The first kappa shape index (κ1) is 29.9. The van der Waals surface area contributed by atoms with Gasteiger partial charge in [0.05, 0.1) is 30.8 Å². The Morgan fingerprint density at radius 3 is 2.22 bits per heavy atom. The molecule has 3 N–H and O–H groups in total. The number of carboxylic acids is 2. The van der Waals surface area contributed by atoms with Gasteiger partial charge in [0, 0.05) is 37.3 Å². The summed E-state index contributed by atoms with van der Waals surface area (Å²) < 4.78 is 88.0. The van der Waals surface area contributed by atoms with Crippen molar-refractivity contribution in [3.63, 3.8) is 0 Å². The summed E-state index contributed by atoms with van der Waals surface area (Å²) in [6, 6.07) is 8.87. The summed E-state index contributed by atoms with van der Waals surface area (Å²) in [6.45, 7) is 3.57. The van der Waals surface area contributed by atoms with Crippen LogP contribution in [0.1, 0.15) is 18.4 Å². The summed E-state index contributed by atoms with van der Waals surface area (Å²) in [5, 5.41) is 17.6. The van der Waals surface area contributed by atoms with E-state index in [1.54, 1.807) is 18.6 Å². The van der Waals surface area contributed by atoms with Crippen molar-refractivity contribution in [1.82, 2.24) is 4.90 Å². The number of furan rings is 1. The van der Waals surface area contributed by atoms with Crippen LogP contribution in [0.5, 0.6) is 0 Å². The Labute approximate surface area is 205 Å². The lowest BCUT2D eigenvalue weighted by Crippen LogP contribution is -2.33. The molecule has 0 aliphatic carbocycles. The Morgan fingerprint density at radius 2 is 1.70 bits per heavy atom. The SMILES string of the molecule is Fc1cccc(NC2COC3(CCN(Cc4ccoc4)C3)C2)c1.O=C(O)C(F)(F)F.O=C(O)C(F)(F)F. The largest absolute Gasteiger partial charge is 0.490 e. The summed E-state index contributed by atoms with van der Waals surface area (Å²) in [4.78, 5) is 20.2. The highest BCUT2D eigenvalue weighted by molar-refractivity contribution is 5.73. The lowest BCUT2D eigenvalue weighted by molar-refractivity contribution is -0.193. The van der Waals surface area contributed by atoms with Crippen LogP contribution >= 0.6 is 0 Å². The van der Waals surface area contributed by atoms with Gasteiger partial charge in [-0.05, 0) is 30.7 Å². The average Bonchev–Trinajstić information content (AvgIpc) is 3.51. The normalized spacial score (nSPS) is 21.5. The van der Waals surface area contributed by atoms with E-state index in [0.29, 0.717) is 6.61 Å². The molecular formula is C22H23F7N2O6. The van der Waals surface area contributed by atoms with Crippen LogP contribution < -0.4 is 5.32 Å². The maximum Gasteiger partial charge on any atom is 0.490 e. The summed E-state index contributed by atoms with van der Waals surface area (Å²) in [6.07, 6.45) is -4.64. The molecule has 0 bridgehead atoms. The molecule has 2 aliphatic rings. The van der Waals surface area contributed by atoms with E-state index in [-0.39, 0.29) is 17.5 Å². The van der Waals surface area contributed by atoms with Crippen molar-refractivity contribution in [1.29, 1.82) is 0 Å². The molecule has 1 aromatic heterocycles. The van der Waals surface area contributed by atoms with E-state index >= 15 is 0 Å². The van der Waals surface area contributed by atoms with E-state index in [9.17, 15) is 30.7 Å². The first-order valence-corrected chi connectivity index (χ1v) is 10.6. The minimum absolute atomic E-state index is 0.0608. The highest BCUT2D eigenvalue weighted by Crippen LogP contribution is 2.36. The molecule has 8 nitrogen and oxygen atoms in total. The van der Waals surface area contributed by atoms with E-state index in [4.69, 9.17) is 29.0 Å². The lowest BCUT2D eigenvalue weighted by Gasteiger charge is -2.23. The number of halogens is 7. The van der Waals surface area contributed by atoms with Crippen molar-refractivity contribution in [2.24, 2.45) is 0 Å². The van der Waals surface area contributed by atoms with E-state index in [1.807, 2.05) is 12.1 Å². The fourth-order valence-corrected chi connectivity index (χ4v) is 3.74. The van der Waals surface area contributed by atoms with Crippen LogP contribution in [0, 0.1) is 5.82 Å². The number of carbonyl (C=O) groups is 2. The average molecular weight is 544 g/mol. The molecule has 2 aliphatic heterocycles. The van der Waals surface area contributed by atoms with Crippen LogP contribution in [-0.2, 0) is 20.9 Å². The van der Waals surface area contributed by atoms with Crippen molar-refractivity contribution < 1.29 is 59.7 Å². The number of hydrogen-bond acceptors (Lipinski definition) is 6. The zero-order valence-electron chi connectivity index (χ0n) is 19.0. The van der Waals surface area contributed by atoms with Gasteiger partial charge in [0.15, 0.2) is 0 Å². The standard InChI is InChI=1S/C18H21FN2O2.2C2HF3O2/c19-15-2-1-3-16(8-15)20-17-9-18(23-12-17)5-6-21(13-18)10-14-4-7-22-11-14;2*3-2(4,5)1(6)7/h1-4,7-8,11,17,20H,5-6,9-10,12-13H2;2*(H,6,7). The maximum absolute atomic E-state index is 13.3. The third kappa shape index (κ3) is 9.92. The molecule has 2 unspecified atom stereocenters. The molecule has 4 rings (SSSR count). The summed E-state index contributed by atoms with van der Waals surface area (Å²) >= 11 is 0. The Morgan fingerprint density at radius 1 is 1.08 bits per heavy atom. The third-order valence-corrected chi connectivity index (χ3v) is 5.27. The minimum atomic E-state index is -5.08. The highest BCUT2D eigenvalue weighted by atomic mass is 19.4. The van der Waals surface area contributed by atoms with Crippen LogP contribution in [0.2, 0.25) is 0 Å². The van der Waals surface area contributed by atoms with Crippen molar-refractivity contribution in [3.8, 4) is 0 Å². The van der Waals surface area contributed by atoms with Gasteiger partial charge in [0.2, 0.25) is 0 Å². The molecule has 3 heterocycles. The number of carboxylic acid groups (broad SMARTS) is 2. The Hall–Kier alpha value is -3.33. The number of anilines is 1. The quantitative estimate of drug-likeness (QED) is 0.482. The number of hydrogen-bond donors (Lipinski definition) is 3. The van der Waals surface area contributed by atoms with Crippen LogP contribution in [-0.4, -0.2) is 70.7 Å². The minimum Gasteiger partial charge on any atom is -0.475 e. The van der Waals surface area contributed by atoms with Gasteiger partial charge in [-0.1, -0.05) is 6.07 Å². The van der Waals surface area contributed by atoms with Gasteiger partial charge in [-0.3, -0.25) is 4.90 Å². The molecule has 0 saturated carbocycles. The smallest absolute Gasteiger partial charge is 0.475 e. The predicted molar refractivity (Wildman–Crippen MR) is 113 cm³/mol. The monoisotopic (exact) mass is 544 g/mol. The Balaban J connectivity index is 0.000000286. The number of nitrogens with zero attached hydrogens (tertiary/aromatic N) is 1. The lowest BCUT2D eigenvalue weighted by atomic mass is 9.97. The van der Waals surface area contributed by atoms with Gasteiger partial charge >= 0.3 is 24.3 Å². The van der Waals surface area contributed by atoms with Gasteiger partial charge in [-0.2, -0.15) is 26.3 Å². The fraction of sp³-hybridized carbons (Fsp3) is 0.455. The second-order valence-corrected chi connectivity index (χ2v) is 8.25. The summed E-state index contributed by atoms with van der Waals surface area (Å²) in [5.74, 6) is -5.73. The summed E-state index contributed by atoms with van der Waals surface area (Å²) in [7, 11) is 0. The highest BCUT2D eigenvalue weighted by Gasteiger charge is 2.45. The zero-order chi connectivity index (χ0) is 27.9. The van der Waals surface area contributed by atoms with E-state index in [1.165, 1.54) is 17.7 Å². The van der Waals surface area contributed by atoms with Crippen LogP contribution in [0.4, 0.5) is 36.4 Å². The molecule has 2 aromatic rings. The summed E-state index contributed by atoms with van der Waals surface area (Å²) in [5.41, 5.74) is 1.97. The molecule has 2 atom stereocenters. The number of ether oxygens (including phenoxy) is 1. The van der Waals surface area contributed by atoms with E-state index < -0.39 is 24.3 Å². The molecular weight excluding hydrogens is 521 g/mol. The second kappa shape index (κ2) is 12.3. The maximum atomic E-state index is 13.3. The van der Waals surface area contributed by atoms with Crippen molar-refractivity contribution >= 4 is 17.6 Å². The molecule has 1 aromatic carbocycles. The first-order chi connectivity index (χ1) is 17.1. The second-order valence-electron chi connectivity index (χ2n) is 8.25. The molecule has 1 spiro atoms. The van der Waals surface area contributed by atoms with Gasteiger partial charge in [0.25, 0.3) is 0 Å². The van der Waals surface area contributed by atoms with Crippen molar-refractivity contribution in [3.05, 3.63) is 54.2 Å². The molecule has 2 saturated heterocycles. The van der Waals surface area contributed by atoms with Crippen molar-refractivity contribution in [2.45, 2.75) is 43.4 Å². The van der Waals surface area contributed by atoms with Crippen LogP contribution in [0.3, 0.4) is 0 Å². The van der Waals surface area contributed by atoms with E-state index in [0.717, 1.165) is 38.2 Å². The Kier molecular flexibility index (Phi) is 9.92. The van der Waals surface area contributed by atoms with Gasteiger partial charge in [0.1, 0.15) is 5.82 Å². The van der Waals surface area contributed by atoms with E-state index in [2.05, 4.69) is 10.2 Å². The van der Waals surface area contributed by atoms with Gasteiger partial charge in [-0.15, -0.1) is 0 Å². The molecule has 2 fully saturated rings. The van der Waals surface area contributed by atoms with Gasteiger partial charge in [-0.25, -0.2) is 14.0 Å². The molecule has 15 heteroatoms. The number of benzene rings is 1. The fourth-order valence-electron chi connectivity index (χ4n) is 3.74. The van der Waals surface area contributed by atoms with Crippen molar-refractivity contribution in [2.75, 3.05) is 25.0 Å². The molecule has 37 heavy (non-hydrogen) atoms. The number of alkyl halides is 6. The molecule has 0 amide bonds. The third-order valence-electron chi connectivity index (χ3n) is 5.27. The van der Waals surface area contributed by atoms with Crippen LogP contribution in [0.25, 0.3) is 0 Å². The number of nitrogens with one attached hydrogen (secondary N) is 1. The topological polar surface area (TPSA) is 112 Å². The van der Waals surface area contributed by atoms with Crippen LogP contribution in [0.15, 0.2) is 47.3 Å². The predicted octanol–water partition coefficient (Wildman–Crippen LogP) is 4.53. The number of aliphatic carboxylic acids is 2. The van der Waals surface area contributed by atoms with Gasteiger partial charge < -0.3 is 24.7 Å².